The molecule has 0 bridgehead atoms. The molecule has 1 fully saturated rings. The van der Waals surface area contributed by atoms with Gasteiger partial charge in [-0.3, -0.25) is 9.69 Å². The van der Waals surface area contributed by atoms with Crippen molar-refractivity contribution in [3.63, 3.8) is 0 Å². The average molecular weight is 285 g/mol. The van der Waals surface area contributed by atoms with Crippen LogP contribution >= 0.6 is 0 Å². The molecule has 0 saturated carbocycles. The number of anilines is 1. The summed E-state index contributed by atoms with van der Waals surface area (Å²) in [5.41, 5.74) is 0.604. The second-order valence-electron chi connectivity index (χ2n) is 5.17. The maximum absolute atomic E-state index is 11.8. The maximum Gasteiger partial charge on any atom is 0.272 e. The van der Waals surface area contributed by atoms with Crippen LogP contribution in [-0.4, -0.2) is 53.8 Å². The van der Waals surface area contributed by atoms with Gasteiger partial charge in [0.25, 0.3) is 5.56 Å². The van der Waals surface area contributed by atoms with Crippen molar-refractivity contribution >= 4 is 28.1 Å². The number of hydrogen-bond donors (Lipinski definition) is 2. The van der Waals surface area contributed by atoms with Crippen molar-refractivity contribution in [1.29, 1.82) is 0 Å². The number of hydrogen-bond acceptors (Lipinski definition) is 6. The molecule has 0 atom stereocenters. The van der Waals surface area contributed by atoms with Gasteiger partial charge in [-0.1, -0.05) is 6.07 Å². The lowest BCUT2D eigenvalue weighted by Crippen LogP contribution is -2.41. The zero-order valence-electron chi connectivity index (χ0n) is 11.4. The first kappa shape index (κ1) is 12.5. The highest BCUT2D eigenvalue weighted by Gasteiger charge is 2.20. The van der Waals surface area contributed by atoms with E-state index < -0.39 is 0 Å². The molecule has 4 rings (SSSR count). The molecule has 1 aromatic carbocycles. The van der Waals surface area contributed by atoms with Crippen LogP contribution in [0.5, 0.6) is 0 Å². The van der Waals surface area contributed by atoms with Gasteiger partial charge >= 0.3 is 0 Å². The summed E-state index contributed by atoms with van der Waals surface area (Å²) in [4.78, 5) is 18.7. The lowest BCUT2D eigenvalue weighted by Gasteiger charge is -2.28. The van der Waals surface area contributed by atoms with E-state index in [1.54, 1.807) is 6.07 Å². The predicted molar refractivity (Wildman–Crippen MR) is 80.3 cm³/mol. The van der Waals surface area contributed by atoms with Gasteiger partial charge in [0, 0.05) is 13.1 Å². The number of rotatable bonds is 2. The number of morpholine rings is 1. The van der Waals surface area contributed by atoms with Gasteiger partial charge in [0.2, 0.25) is 0 Å². The Morgan fingerprint density at radius 1 is 1.29 bits per heavy atom. The SMILES string of the molecule is O=c1[nH]nc2c3c(cccc13)N=C(CN1CCOCC1)N2. The summed E-state index contributed by atoms with van der Waals surface area (Å²) >= 11 is 0. The highest BCUT2D eigenvalue weighted by atomic mass is 16.5. The van der Waals surface area contributed by atoms with Crippen molar-refractivity contribution < 1.29 is 4.74 Å². The summed E-state index contributed by atoms with van der Waals surface area (Å²) in [5.74, 6) is 1.51. The third-order valence-corrected chi connectivity index (χ3v) is 3.79. The molecular weight excluding hydrogens is 270 g/mol. The number of ether oxygens (including phenoxy) is 1. The Labute approximate surface area is 120 Å². The van der Waals surface area contributed by atoms with Gasteiger partial charge in [-0.25, -0.2) is 10.1 Å². The fourth-order valence-corrected chi connectivity index (χ4v) is 2.74. The van der Waals surface area contributed by atoms with Gasteiger partial charge in [-0.15, -0.1) is 0 Å². The number of aliphatic imine (C=N–C) groups is 1. The second kappa shape index (κ2) is 4.94. The number of aromatic amines is 1. The van der Waals surface area contributed by atoms with Gasteiger partial charge in [-0.05, 0) is 12.1 Å². The van der Waals surface area contributed by atoms with Gasteiger partial charge < -0.3 is 10.1 Å². The molecule has 7 nitrogen and oxygen atoms in total. The number of nitrogens with zero attached hydrogens (tertiary/aromatic N) is 3. The normalized spacial score (nSPS) is 18.4. The Hall–Kier alpha value is -2.25. The fourth-order valence-electron chi connectivity index (χ4n) is 2.74. The summed E-state index contributed by atoms with van der Waals surface area (Å²) in [6.07, 6.45) is 0. The monoisotopic (exact) mass is 285 g/mol. The highest BCUT2D eigenvalue weighted by Crippen LogP contribution is 2.32. The highest BCUT2D eigenvalue weighted by molar-refractivity contribution is 6.12. The number of amidine groups is 1. The fraction of sp³-hybridized carbons (Fsp3) is 0.357. The molecule has 0 radical (unpaired) electrons. The summed E-state index contributed by atoms with van der Waals surface area (Å²) < 4.78 is 5.35. The minimum absolute atomic E-state index is 0.191. The smallest absolute Gasteiger partial charge is 0.272 e. The molecule has 2 N–H and O–H groups in total. The lowest BCUT2D eigenvalue weighted by atomic mass is 10.1. The van der Waals surface area contributed by atoms with E-state index in [4.69, 9.17) is 4.74 Å². The molecule has 1 aromatic heterocycles. The number of aromatic nitrogens is 2. The molecule has 21 heavy (non-hydrogen) atoms. The standard InChI is InChI=1S/C14H15N5O2/c20-14-9-2-1-3-10-12(9)13(17-18-14)16-11(15-10)8-19-4-6-21-7-5-19/h1-3H,4-8H2,(H,18,20)(H,15,16,17). The molecule has 3 heterocycles. The summed E-state index contributed by atoms with van der Waals surface area (Å²) in [7, 11) is 0. The molecule has 0 spiro atoms. The molecule has 1 saturated heterocycles. The minimum atomic E-state index is -0.191. The van der Waals surface area contributed by atoms with Crippen molar-refractivity contribution in [3.8, 4) is 0 Å². The van der Waals surface area contributed by atoms with E-state index in [1.165, 1.54) is 0 Å². The van der Waals surface area contributed by atoms with Gasteiger partial charge in [0.1, 0.15) is 5.84 Å². The van der Waals surface area contributed by atoms with Crippen LogP contribution in [-0.2, 0) is 4.74 Å². The Morgan fingerprint density at radius 2 is 2.14 bits per heavy atom. The van der Waals surface area contributed by atoms with E-state index in [9.17, 15) is 4.79 Å². The zero-order chi connectivity index (χ0) is 14.2. The molecule has 0 unspecified atom stereocenters. The van der Waals surface area contributed by atoms with Crippen LogP contribution in [0.2, 0.25) is 0 Å². The number of benzene rings is 1. The topological polar surface area (TPSA) is 82.6 Å². The number of nitrogens with one attached hydrogen (secondary N) is 2. The Bertz CT molecular complexity index is 777. The van der Waals surface area contributed by atoms with Crippen LogP contribution in [0.1, 0.15) is 0 Å². The van der Waals surface area contributed by atoms with Gasteiger partial charge in [-0.2, -0.15) is 5.10 Å². The largest absolute Gasteiger partial charge is 0.379 e. The van der Waals surface area contributed by atoms with E-state index in [0.29, 0.717) is 11.2 Å². The quantitative estimate of drug-likeness (QED) is 0.849. The van der Waals surface area contributed by atoms with Crippen LogP contribution in [0.25, 0.3) is 10.8 Å². The van der Waals surface area contributed by atoms with E-state index in [2.05, 4.69) is 25.4 Å². The van der Waals surface area contributed by atoms with Crippen LogP contribution in [0.3, 0.4) is 0 Å². The lowest BCUT2D eigenvalue weighted by molar-refractivity contribution is 0.0453. The van der Waals surface area contributed by atoms with E-state index in [-0.39, 0.29) is 5.56 Å². The van der Waals surface area contributed by atoms with Crippen molar-refractivity contribution in [3.05, 3.63) is 28.6 Å². The van der Waals surface area contributed by atoms with Crippen LogP contribution in [0.15, 0.2) is 28.0 Å². The first-order chi connectivity index (χ1) is 10.3. The molecular formula is C14H15N5O2. The third-order valence-electron chi connectivity index (χ3n) is 3.79. The average Bonchev–Trinajstić information content (AvgIpc) is 2.52. The third kappa shape index (κ3) is 2.20. The van der Waals surface area contributed by atoms with E-state index in [1.807, 2.05) is 12.1 Å². The van der Waals surface area contributed by atoms with E-state index >= 15 is 0 Å². The van der Waals surface area contributed by atoms with Crippen molar-refractivity contribution in [2.45, 2.75) is 0 Å². The van der Waals surface area contributed by atoms with Crippen molar-refractivity contribution in [2.75, 3.05) is 38.2 Å². The molecule has 0 aliphatic carbocycles. The van der Waals surface area contributed by atoms with Crippen LogP contribution in [0, 0.1) is 0 Å². The molecule has 7 heteroatoms. The molecule has 2 aliphatic rings. The first-order valence-electron chi connectivity index (χ1n) is 6.97. The number of H-pyrrole nitrogens is 1. The van der Waals surface area contributed by atoms with Crippen LogP contribution in [0.4, 0.5) is 11.5 Å². The molecule has 108 valence electrons. The summed E-state index contributed by atoms with van der Waals surface area (Å²) in [6, 6.07) is 5.54. The minimum Gasteiger partial charge on any atom is -0.379 e. The maximum atomic E-state index is 11.8. The van der Waals surface area contributed by atoms with Crippen molar-refractivity contribution in [1.82, 2.24) is 15.1 Å². The predicted octanol–water partition coefficient (Wildman–Crippen LogP) is 0.711. The summed E-state index contributed by atoms with van der Waals surface area (Å²) in [5, 5.41) is 11.2. The Morgan fingerprint density at radius 3 is 3.00 bits per heavy atom. The van der Waals surface area contributed by atoms with Gasteiger partial charge in [0.15, 0.2) is 5.82 Å². The Balaban J connectivity index is 1.72. The van der Waals surface area contributed by atoms with Gasteiger partial charge in [0.05, 0.1) is 36.2 Å². The Kier molecular flexibility index (Phi) is 2.94. The van der Waals surface area contributed by atoms with Crippen molar-refractivity contribution in [2.24, 2.45) is 4.99 Å². The summed E-state index contributed by atoms with van der Waals surface area (Å²) in [6.45, 7) is 4.03. The molecule has 0 amide bonds. The second-order valence-corrected chi connectivity index (χ2v) is 5.17. The first-order valence-corrected chi connectivity index (χ1v) is 6.97. The molecule has 2 aliphatic heterocycles. The molecule has 2 aromatic rings. The van der Waals surface area contributed by atoms with E-state index in [0.717, 1.165) is 49.8 Å². The zero-order valence-corrected chi connectivity index (χ0v) is 11.4. The van der Waals surface area contributed by atoms with Crippen LogP contribution < -0.4 is 10.9 Å².